The van der Waals surface area contributed by atoms with Crippen LogP contribution in [0.15, 0.2) is 24.3 Å². The van der Waals surface area contributed by atoms with Gasteiger partial charge in [-0.05, 0) is 43.9 Å². The number of nitrogens with one attached hydrogen (secondary N) is 1. The zero-order valence-electron chi connectivity index (χ0n) is 13.6. The summed E-state index contributed by atoms with van der Waals surface area (Å²) in [5.74, 6) is 0.808. The Kier molecular flexibility index (Phi) is 6.32. The zero-order valence-corrected chi connectivity index (χ0v) is 13.6. The molecule has 1 aromatic carbocycles. The zero-order chi connectivity index (χ0) is 18.4. The predicted octanol–water partition coefficient (Wildman–Crippen LogP) is 3.35. The molecule has 3 atom stereocenters. The van der Waals surface area contributed by atoms with Gasteiger partial charge < -0.3 is 15.2 Å². The number of halogens is 3. The maximum Gasteiger partial charge on any atom is 0.490 e. The molecule has 1 aromatic rings. The number of fused-ring (bicyclic) bond motifs is 2. The Morgan fingerprint density at radius 3 is 2.40 bits per heavy atom. The van der Waals surface area contributed by atoms with Gasteiger partial charge in [-0.3, -0.25) is 0 Å². The summed E-state index contributed by atoms with van der Waals surface area (Å²) < 4.78 is 37.8. The van der Waals surface area contributed by atoms with E-state index in [4.69, 9.17) is 21.1 Å². The van der Waals surface area contributed by atoms with Crippen LogP contribution < -0.4 is 10.1 Å². The van der Waals surface area contributed by atoms with Crippen molar-refractivity contribution in [2.24, 2.45) is 0 Å². The molecule has 2 aliphatic heterocycles. The van der Waals surface area contributed by atoms with Crippen LogP contribution in [0.3, 0.4) is 0 Å². The molecule has 7 heteroatoms. The number of ether oxygens (including phenoxy) is 1. The molecule has 0 spiro atoms. The van der Waals surface area contributed by atoms with Gasteiger partial charge in [-0.15, -0.1) is 6.42 Å². The summed E-state index contributed by atoms with van der Waals surface area (Å²) in [6.45, 7) is 0. The third kappa shape index (κ3) is 5.98. The Hall–Kier alpha value is -2.20. The number of hydrogen-bond donors (Lipinski definition) is 2. The van der Waals surface area contributed by atoms with E-state index in [2.05, 4.69) is 11.2 Å². The molecule has 2 heterocycles. The summed E-state index contributed by atoms with van der Waals surface area (Å²) in [6, 6.07) is 9.16. The number of benzene rings is 1. The Morgan fingerprint density at radius 2 is 1.88 bits per heavy atom. The number of carbonyl (C=O) groups is 1. The molecule has 3 rings (SSSR count). The Morgan fingerprint density at radius 1 is 1.28 bits per heavy atom. The van der Waals surface area contributed by atoms with Crippen LogP contribution in [0.4, 0.5) is 13.2 Å². The standard InChI is InChI=1S/C16H19NO.C2HF3O2/c1-2-12-5-3-8-15(9-12)18-16-10-13-6-4-7-14(11-16)17-13;3-2(4,5)1(6)7/h1,3,5,8-9,13-14,16-17H,4,6-7,10-11H2;(H,6,7)/t13-,14+,16?;. The van der Waals surface area contributed by atoms with E-state index in [1.54, 1.807) is 0 Å². The third-order valence-electron chi connectivity index (χ3n) is 4.22. The maximum absolute atomic E-state index is 10.6. The number of terminal acetylenes is 1. The van der Waals surface area contributed by atoms with Crippen LogP contribution in [0.25, 0.3) is 0 Å². The fourth-order valence-electron chi connectivity index (χ4n) is 3.16. The molecule has 2 bridgehead atoms. The SMILES string of the molecule is C#Cc1cccc(OC2C[C@H]3CCC[C@@H](C2)N3)c1.O=C(O)C(F)(F)F. The highest BCUT2D eigenvalue weighted by Gasteiger charge is 2.38. The van der Waals surface area contributed by atoms with Crippen molar-refractivity contribution < 1.29 is 27.8 Å². The number of carboxylic acid groups (broad SMARTS) is 1. The summed E-state index contributed by atoms with van der Waals surface area (Å²) in [7, 11) is 0. The van der Waals surface area contributed by atoms with Crippen LogP contribution in [-0.2, 0) is 4.79 Å². The van der Waals surface area contributed by atoms with E-state index in [-0.39, 0.29) is 0 Å². The van der Waals surface area contributed by atoms with Gasteiger partial charge in [0.25, 0.3) is 0 Å². The number of hydrogen-bond acceptors (Lipinski definition) is 3. The van der Waals surface area contributed by atoms with Gasteiger partial charge >= 0.3 is 12.1 Å². The molecule has 0 aliphatic carbocycles. The largest absolute Gasteiger partial charge is 0.490 e. The average Bonchev–Trinajstić information content (AvgIpc) is 2.54. The molecule has 25 heavy (non-hydrogen) atoms. The molecule has 4 nitrogen and oxygen atoms in total. The van der Waals surface area contributed by atoms with Crippen molar-refractivity contribution in [3.63, 3.8) is 0 Å². The van der Waals surface area contributed by atoms with Crippen LogP contribution in [0.5, 0.6) is 5.75 Å². The highest BCUT2D eigenvalue weighted by Crippen LogP contribution is 2.28. The van der Waals surface area contributed by atoms with E-state index in [0.717, 1.165) is 24.2 Å². The lowest BCUT2D eigenvalue weighted by molar-refractivity contribution is -0.192. The Balaban J connectivity index is 0.000000277. The van der Waals surface area contributed by atoms with Crippen molar-refractivity contribution in [3.05, 3.63) is 29.8 Å². The second kappa shape index (κ2) is 8.26. The molecule has 1 unspecified atom stereocenters. The number of alkyl halides is 3. The molecule has 0 aromatic heterocycles. The molecular formula is C18H20F3NO3. The number of rotatable bonds is 2. The summed E-state index contributed by atoms with van der Waals surface area (Å²) >= 11 is 0. The van der Waals surface area contributed by atoms with Gasteiger partial charge in [0.1, 0.15) is 11.9 Å². The lowest BCUT2D eigenvalue weighted by Gasteiger charge is -2.40. The minimum absolute atomic E-state index is 0.342. The molecule has 0 radical (unpaired) electrons. The van der Waals surface area contributed by atoms with Crippen molar-refractivity contribution >= 4 is 5.97 Å². The van der Waals surface area contributed by atoms with E-state index in [0.29, 0.717) is 18.2 Å². The van der Waals surface area contributed by atoms with Crippen LogP contribution in [-0.4, -0.2) is 35.4 Å². The summed E-state index contributed by atoms with van der Waals surface area (Å²) in [5.41, 5.74) is 0.890. The molecule has 2 fully saturated rings. The summed E-state index contributed by atoms with van der Waals surface area (Å²) in [6.07, 6.45) is 6.86. The van der Waals surface area contributed by atoms with Crippen molar-refractivity contribution in [1.29, 1.82) is 0 Å². The predicted molar refractivity (Wildman–Crippen MR) is 86.3 cm³/mol. The first-order valence-electron chi connectivity index (χ1n) is 8.07. The van der Waals surface area contributed by atoms with Crippen LogP contribution in [0.1, 0.15) is 37.7 Å². The van der Waals surface area contributed by atoms with Crippen molar-refractivity contribution in [3.8, 4) is 18.1 Å². The lowest BCUT2D eigenvalue weighted by Crippen LogP contribution is -2.51. The highest BCUT2D eigenvalue weighted by atomic mass is 19.4. The van der Waals surface area contributed by atoms with Gasteiger partial charge in [-0.25, -0.2) is 4.79 Å². The normalized spacial score (nSPS) is 25.1. The van der Waals surface area contributed by atoms with E-state index < -0.39 is 12.1 Å². The van der Waals surface area contributed by atoms with Crippen molar-refractivity contribution in [2.75, 3.05) is 0 Å². The number of piperidine rings is 2. The first-order valence-corrected chi connectivity index (χ1v) is 8.07. The minimum atomic E-state index is -5.08. The summed E-state index contributed by atoms with van der Waals surface area (Å²) in [4.78, 5) is 8.90. The molecular weight excluding hydrogens is 335 g/mol. The number of aliphatic carboxylic acids is 1. The van der Waals surface area contributed by atoms with Crippen molar-refractivity contribution in [1.82, 2.24) is 5.32 Å². The van der Waals surface area contributed by atoms with E-state index in [1.807, 2.05) is 24.3 Å². The first-order chi connectivity index (χ1) is 11.8. The Labute approximate surface area is 144 Å². The lowest BCUT2D eigenvalue weighted by atomic mass is 9.85. The first kappa shape index (κ1) is 19.1. The van der Waals surface area contributed by atoms with Gasteiger partial charge in [-0.1, -0.05) is 18.4 Å². The Bertz CT molecular complexity index is 627. The van der Waals surface area contributed by atoms with E-state index >= 15 is 0 Å². The topological polar surface area (TPSA) is 58.6 Å². The molecule has 2 saturated heterocycles. The molecule has 2 N–H and O–H groups in total. The molecule has 2 aliphatic rings. The van der Waals surface area contributed by atoms with E-state index in [9.17, 15) is 13.2 Å². The van der Waals surface area contributed by atoms with Crippen LogP contribution in [0, 0.1) is 12.3 Å². The smallest absolute Gasteiger partial charge is 0.490 e. The minimum Gasteiger partial charge on any atom is -0.490 e. The van der Waals surface area contributed by atoms with Crippen molar-refractivity contribution in [2.45, 2.75) is 56.5 Å². The monoisotopic (exact) mass is 355 g/mol. The maximum atomic E-state index is 10.6. The molecule has 0 amide bonds. The van der Waals surface area contributed by atoms with Gasteiger partial charge in [0.2, 0.25) is 0 Å². The van der Waals surface area contributed by atoms with Crippen LogP contribution in [0.2, 0.25) is 0 Å². The molecule has 136 valence electrons. The van der Waals surface area contributed by atoms with Gasteiger partial charge in [0.05, 0.1) is 0 Å². The van der Waals surface area contributed by atoms with Gasteiger partial charge in [0, 0.05) is 17.6 Å². The van der Waals surface area contributed by atoms with Gasteiger partial charge in [0.15, 0.2) is 0 Å². The molecule has 0 saturated carbocycles. The second-order valence-electron chi connectivity index (χ2n) is 6.18. The number of carboxylic acids is 1. The average molecular weight is 355 g/mol. The summed E-state index contributed by atoms with van der Waals surface area (Å²) in [5, 5.41) is 10.8. The van der Waals surface area contributed by atoms with Gasteiger partial charge in [-0.2, -0.15) is 13.2 Å². The second-order valence-corrected chi connectivity index (χ2v) is 6.18. The highest BCUT2D eigenvalue weighted by molar-refractivity contribution is 5.73. The van der Waals surface area contributed by atoms with E-state index in [1.165, 1.54) is 19.3 Å². The third-order valence-corrected chi connectivity index (χ3v) is 4.22. The fraction of sp³-hybridized carbons (Fsp3) is 0.500. The quantitative estimate of drug-likeness (QED) is 0.799. The van der Waals surface area contributed by atoms with Crippen LogP contribution >= 0.6 is 0 Å². The fourth-order valence-corrected chi connectivity index (χ4v) is 3.16.